The maximum atomic E-state index is 13.1. The number of hydrogen-bond acceptors (Lipinski definition) is 7. The summed E-state index contributed by atoms with van der Waals surface area (Å²) in [5.74, 6) is 0.437. The average Bonchev–Trinajstić information content (AvgIpc) is 3.16. The highest BCUT2D eigenvalue weighted by atomic mass is 19.1. The Kier molecular flexibility index (Phi) is 5.24. The SMILES string of the molecule is Nc1ccc(C2CC(Cc3ccc(COc4cccc(F)n4)cc3)=NO2)c(N)n1. The van der Waals surface area contributed by atoms with Crippen molar-refractivity contribution in [3.63, 3.8) is 0 Å². The molecule has 2 aromatic heterocycles. The van der Waals surface area contributed by atoms with Gasteiger partial charge in [0.1, 0.15) is 18.2 Å². The van der Waals surface area contributed by atoms with Crippen LogP contribution in [0.4, 0.5) is 16.0 Å². The van der Waals surface area contributed by atoms with Crippen molar-refractivity contribution in [3.05, 3.63) is 77.2 Å². The lowest BCUT2D eigenvalue weighted by Crippen LogP contribution is -2.07. The number of oxime groups is 1. The summed E-state index contributed by atoms with van der Waals surface area (Å²) in [6, 6.07) is 15.9. The summed E-state index contributed by atoms with van der Waals surface area (Å²) in [6.45, 7) is 0.312. The van der Waals surface area contributed by atoms with E-state index in [-0.39, 0.29) is 12.0 Å². The number of benzene rings is 1. The molecule has 7 nitrogen and oxygen atoms in total. The molecule has 1 unspecified atom stereocenters. The van der Waals surface area contributed by atoms with Crippen LogP contribution in [0.25, 0.3) is 0 Å². The molecule has 0 saturated heterocycles. The van der Waals surface area contributed by atoms with Gasteiger partial charge in [0, 0.05) is 24.5 Å². The molecule has 0 aliphatic carbocycles. The van der Waals surface area contributed by atoms with Gasteiger partial charge in [0.25, 0.3) is 0 Å². The van der Waals surface area contributed by atoms with E-state index >= 15 is 0 Å². The zero-order valence-corrected chi connectivity index (χ0v) is 15.6. The van der Waals surface area contributed by atoms with Crippen molar-refractivity contribution >= 4 is 17.3 Å². The first-order valence-corrected chi connectivity index (χ1v) is 9.13. The second-order valence-electron chi connectivity index (χ2n) is 6.75. The van der Waals surface area contributed by atoms with Crippen LogP contribution < -0.4 is 16.2 Å². The molecule has 8 heteroatoms. The lowest BCUT2D eigenvalue weighted by Gasteiger charge is -2.11. The van der Waals surface area contributed by atoms with Gasteiger partial charge in [-0.25, -0.2) is 4.98 Å². The van der Waals surface area contributed by atoms with Crippen molar-refractivity contribution in [2.75, 3.05) is 11.5 Å². The quantitative estimate of drug-likeness (QED) is 0.621. The number of anilines is 2. The zero-order chi connectivity index (χ0) is 20.2. The third-order valence-corrected chi connectivity index (χ3v) is 4.56. The number of hydrogen-bond donors (Lipinski definition) is 2. The first-order chi connectivity index (χ1) is 14.1. The molecular weight excluding hydrogens is 373 g/mol. The number of aromatic nitrogens is 2. The van der Waals surface area contributed by atoms with Crippen LogP contribution in [0.2, 0.25) is 0 Å². The van der Waals surface area contributed by atoms with Gasteiger partial charge in [-0.1, -0.05) is 35.5 Å². The topological polar surface area (TPSA) is 109 Å². The van der Waals surface area contributed by atoms with Crippen LogP contribution in [0.15, 0.2) is 59.8 Å². The van der Waals surface area contributed by atoms with E-state index in [1.54, 1.807) is 18.2 Å². The summed E-state index contributed by atoms with van der Waals surface area (Å²) >= 11 is 0. The van der Waals surface area contributed by atoms with Crippen LogP contribution >= 0.6 is 0 Å². The number of pyridine rings is 2. The Morgan fingerprint density at radius 1 is 1.00 bits per heavy atom. The maximum Gasteiger partial charge on any atom is 0.216 e. The Morgan fingerprint density at radius 3 is 2.55 bits per heavy atom. The normalized spacial score (nSPS) is 15.6. The monoisotopic (exact) mass is 393 g/mol. The van der Waals surface area contributed by atoms with E-state index in [2.05, 4.69) is 15.1 Å². The third-order valence-electron chi connectivity index (χ3n) is 4.56. The molecule has 148 valence electrons. The predicted octanol–water partition coefficient (Wildman–Crippen LogP) is 3.42. The average molecular weight is 393 g/mol. The Bertz CT molecular complexity index is 1040. The second kappa shape index (κ2) is 8.14. The van der Waals surface area contributed by atoms with Crippen molar-refractivity contribution in [2.45, 2.75) is 25.6 Å². The summed E-state index contributed by atoms with van der Waals surface area (Å²) in [5.41, 5.74) is 15.4. The molecule has 0 bridgehead atoms. The fraction of sp³-hybridized carbons (Fsp3) is 0.190. The highest BCUT2D eigenvalue weighted by Gasteiger charge is 2.25. The van der Waals surface area contributed by atoms with Crippen LogP contribution in [-0.4, -0.2) is 15.7 Å². The van der Waals surface area contributed by atoms with E-state index in [0.29, 0.717) is 31.1 Å². The van der Waals surface area contributed by atoms with Gasteiger partial charge in [0.15, 0.2) is 6.10 Å². The van der Waals surface area contributed by atoms with Gasteiger partial charge in [-0.05, 0) is 29.3 Å². The van der Waals surface area contributed by atoms with Crippen molar-refractivity contribution in [1.82, 2.24) is 9.97 Å². The van der Waals surface area contributed by atoms with Gasteiger partial charge >= 0.3 is 0 Å². The van der Waals surface area contributed by atoms with Crippen LogP contribution in [-0.2, 0) is 17.9 Å². The van der Waals surface area contributed by atoms with Crippen molar-refractivity contribution in [2.24, 2.45) is 5.16 Å². The predicted molar refractivity (Wildman–Crippen MR) is 108 cm³/mol. The fourth-order valence-electron chi connectivity index (χ4n) is 3.09. The summed E-state index contributed by atoms with van der Waals surface area (Å²) in [4.78, 5) is 13.3. The minimum absolute atomic E-state index is 0.246. The van der Waals surface area contributed by atoms with E-state index in [4.69, 9.17) is 21.0 Å². The highest BCUT2D eigenvalue weighted by molar-refractivity contribution is 5.87. The number of halogens is 1. The molecule has 0 radical (unpaired) electrons. The smallest absolute Gasteiger partial charge is 0.216 e. The molecule has 1 aliphatic rings. The fourth-order valence-corrected chi connectivity index (χ4v) is 3.09. The highest BCUT2D eigenvalue weighted by Crippen LogP contribution is 2.31. The summed E-state index contributed by atoms with van der Waals surface area (Å²) < 4.78 is 18.6. The lowest BCUT2D eigenvalue weighted by molar-refractivity contribution is 0.0860. The Hall–Kier alpha value is -3.68. The van der Waals surface area contributed by atoms with E-state index in [9.17, 15) is 4.39 Å². The van der Waals surface area contributed by atoms with Crippen LogP contribution in [0.1, 0.15) is 29.2 Å². The number of rotatable bonds is 6. The number of nitrogens with zero attached hydrogens (tertiary/aromatic N) is 3. The minimum Gasteiger partial charge on any atom is -0.473 e. The first-order valence-electron chi connectivity index (χ1n) is 9.13. The van der Waals surface area contributed by atoms with E-state index in [0.717, 1.165) is 22.4 Å². The summed E-state index contributed by atoms with van der Waals surface area (Å²) in [6.07, 6.45) is 1.07. The molecule has 1 atom stereocenters. The molecule has 0 saturated carbocycles. The molecular formula is C21H20FN5O2. The number of nitrogens with two attached hydrogens (primary N) is 2. The van der Waals surface area contributed by atoms with Gasteiger partial charge in [0.2, 0.25) is 11.8 Å². The molecule has 0 amide bonds. The second-order valence-corrected chi connectivity index (χ2v) is 6.75. The number of ether oxygens (including phenoxy) is 1. The van der Waals surface area contributed by atoms with E-state index in [1.165, 1.54) is 6.07 Å². The minimum atomic E-state index is -0.563. The zero-order valence-electron chi connectivity index (χ0n) is 15.6. The summed E-state index contributed by atoms with van der Waals surface area (Å²) in [5, 5.41) is 4.19. The van der Waals surface area contributed by atoms with Crippen molar-refractivity contribution in [1.29, 1.82) is 0 Å². The van der Waals surface area contributed by atoms with Gasteiger partial charge in [-0.3, -0.25) is 0 Å². The number of nitrogen functional groups attached to an aromatic ring is 2. The van der Waals surface area contributed by atoms with Crippen LogP contribution in [0.5, 0.6) is 5.88 Å². The van der Waals surface area contributed by atoms with Crippen molar-refractivity contribution in [3.8, 4) is 5.88 Å². The van der Waals surface area contributed by atoms with Gasteiger partial charge in [-0.15, -0.1) is 0 Å². The first kappa shape index (κ1) is 18.7. The summed E-state index contributed by atoms with van der Waals surface area (Å²) in [7, 11) is 0. The Morgan fingerprint density at radius 2 is 1.79 bits per heavy atom. The molecule has 1 aromatic carbocycles. The van der Waals surface area contributed by atoms with Crippen LogP contribution in [0.3, 0.4) is 0 Å². The van der Waals surface area contributed by atoms with Gasteiger partial charge < -0.3 is 21.0 Å². The molecule has 4 rings (SSSR count). The van der Waals surface area contributed by atoms with Crippen LogP contribution in [0, 0.1) is 5.95 Å². The van der Waals surface area contributed by atoms with E-state index in [1.807, 2.05) is 30.3 Å². The molecule has 0 spiro atoms. The van der Waals surface area contributed by atoms with Gasteiger partial charge in [0.05, 0.1) is 5.71 Å². The molecule has 4 N–H and O–H groups in total. The molecule has 3 aromatic rings. The molecule has 3 heterocycles. The van der Waals surface area contributed by atoms with Gasteiger partial charge in [-0.2, -0.15) is 9.37 Å². The van der Waals surface area contributed by atoms with E-state index < -0.39 is 5.95 Å². The Labute approximate surface area is 167 Å². The molecule has 1 aliphatic heterocycles. The lowest BCUT2D eigenvalue weighted by atomic mass is 10.00. The largest absolute Gasteiger partial charge is 0.473 e. The molecule has 0 fully saturated rings. The third kappa shape index (κ3) is 4.60. The standard InChI is InChI=1S/C21H20FN5O2/c22-18-2-1-3-20(25-18)28-12-14-6-4-13(5-7-14)10-15-11-17(29-27-15)16-8-9-19(23)26-21(16)24/h1-9,17H,10-12H2,(H4,23,24,26). The molecule has 29 heavy (non-hydrogen) atoms. The van der Waals surface area contributed by atoms with Crippen molar-refractivity contribution < 1.29 is 14.0 Å². The maximum absolute atomic E-state index is 13.1. The Balaban J connectivity index is 1.32.